The number of hydrazone groups is 1. The zero-order valence-corrected chi connectivity index (χ0v) is 16.5. The Morgan fingerprint density at radius 1 is 1.12 bits per heavy atom. The summed E-state index contributed by atoms with van der Waals surface area (Å²) in [7, 11) is -3.55. The molecule has 1 aliphatic rings. The van der Waals surface area contributed by atoms with E-state index in [0.29, 0.717) is 18.7 Å². The van der Waals surface area contributed by atoms with Gasteiger partial charge in [0.15, 0.2) is 0 Å². The molecular weight excluding hydrogens is 350 g/mol. The highest BCUT2D eigenvalue weighted by molar-refractivity contribution is 7.89. The molecule has 2 rings (SSSR count). The van der Waals surface area contributed by atoms with Gasteiger partial charge in [0, 0.05) is 24.4 Å². The minimum Gasteiger partial charge on any atom is -0.267 e. The van der Waals surface area contributed by atoms with Crippen molar-refractivity contribution in [3.8, 4) is 0 Å². The second-order valence-corrected chi connectivity index (χ2v) is 8.55. The lowest BCUT2D eigenvalue weighted by Gasteiger charge is -2.25. The van der Waals surface area contributed by atoms with E-state index in [2.05, 4.69) is 24.4 Å². The molecule has 1 aromatic rings. The van der Waals surface area contributed by atoms with E-state index in [1.54, 1.807) is 18.2 Å². The van der Waals surface area contributed by atoms with Crippen molar-refractivity contribution in [2.24, 2.45) is 5.10 Å². The fraction of sp³-hybridized carbons (Fsp3) is 0.579. The van der Waals surface area contributed by atoms with Crippen LogP contribution in [0, 0.1) is 0 Å². The lowest BCUT2D eigenvalue weighted by Crippen LogP contribution is -2.35. The van der Waals surface area contributed by atoms with E-state index >= 15 is 0 Å². The highest BCUT2D eigenvalue weighted by Gasteiger charge is 2.26. The molecule has 0 unspecified atom stereocenters. The van der Waals surface area contributed by atoms with Gasteiger partial charge >= 0.3 is 0 Å². The summed E-state index contributed by atoms with van der Waals surface area (Å²) in [4.78, 5) is 12.6. The Labute approximate surface area is 156 Å². The molecule has 0 saturated carbocycles. The molecule has 144 valence electrons. The highest BCUT2D eigenvalue weighted by Crippen LogP contribution is 2.21. The minimum absolute atomic E-state index is 0.165. The Hall–Kier alpha value is -1.73. The standard InChI is InChI=1S/C19H29N3O3S/c1-3-9-17(10-4-2)20-21-19(23)16-11-8-12-18(15-16)26(24,25)22-13-6-5-7-14-22/h8,11-12,15H,3-7,9-10,13-14H2,1-2H3,(H,21,23). The number of rotatable bonds is 8. The van der Waals surface area contributed by atoms with Crippen molar-refractivity contribution >= 4 is 21.6 Å². The van der Waals surface area contributed by atoms with Gasteiger partial charge in [-0.3, -0.25) is 4.79 Å². The van der Waals surface area contributed by atoms with Crippen molar-refractivity contribution < 1.29 is 13.2 Å². The molecule has 1 saturated heterocycles. The summed E-state index contributed by atoms with van der Waals surface area (Å²) in [5.41, 5.74) is 3.83. The molecular formula is C19H29N3O3S. The number of nitrogens with one attached hydrogen (secondary N) is 1. The Morgan fingerprint density at radius 3 is 2.38 bits per heavy atom. The van der Waals surface area contributed by atoms with Gasteiger partial charge in [-0.2, -0.15) is 9.41 Å². The predicted molar refractivity (Wildman–Crippen MR) is 104 cm³/mol. The maximum atomic E-state index is 12.8. The van der Waals surface area contributed by atoms with Crippen LogP contribution in [0.15, 0.2) is 34.3 Å². The number of carbonyl (C=O) groups excluding carboxylic acids is 1. The van der Waals surface area contributed by atoms with Crippen LogP contribution in [0.5, 0.6) is 0 Å². The van der Waals surface area contributed by atoms with Gasteiger partial charge in [-0.1, -0.05) is 39.2 Å². The summed E-state index contributed by atoms with van der Waals surface area (Å²) in [6.45, 7) is 5.23. The number of carbonyl (C=O) groups is 1. The van der Waals surface area contributed by atoms with Gasteiger partial charge in [0.1, 0.15) is 0 Å². The fourth-order valence-corrected chi connectivity index (χ4v) is 4.62. The van der Waals surface area contributed by atoms with Crippen LogP contribution in [0.25, 0.3) is 0 Å². The van der Waals surface area contributed by atoms with E-state index in [1.807, 2.05) is 0 Å². The summed E-state index contributed by atoms with van der Waals surface area (Å²) < 4.78 is 27.0. The van der Waals surface area contributed by atoms with E-state index in [9.17, 15) is 13.2 Å². The first-order valence-electron chi connectivity index (χ1n) is 9.45. The third-order valence-electron chi connectivity index (χ3n) is 4.44. The molecule has 7 heteroatoms. The van der Waals surface area contributed by atoms with Crippen LogP contribution in [-0.4, -0.2) is 37.4 Å². The van der Waals surface area contributed by atoms with E-state index < -0.39 is 10.0 Å². The Morgan fingerprint density at radius 2 is 1.77 bits per heavy atom. The van der Waals surface area contributed by atoms with Gasteiger partial charge in [0.2, 0.25) is 10.0 Å². The summed E-state index contributed by atoms with van der Waals surface area (Å²) in [6, 6.07) is 6.20. The van der Waals surface area contributed by atoms with Crippen LogP contribution >= 0.6 is 0 Å². The normalized spacial score (nSPS) is 15.5. The molecule has 1 aliphatic heterocycles. The largest absolute Gasteiger partial charge is 0.271 e. The molecule has 1 fully saturated rings. The molecule has 0 bridgehead atoms. The maximum absolute atomic E-state index is 12.8. The van der Waals surface area contributed by atoms with Crippen molar-refractivity contribution in [3.63, 3.8) is 0 Å². The van der Waals surface area contributed by atoms with E-state index in [1.165, 1.54) is 10.4 Å². The van der Waals surface area contributed by atoms with E-state index in [0.717, 1.165) is 50.7 Å². The molecule has 0 radical (unpaired) electrons. The monoisotopic (exact) mass is 379 g/mol. The third kappa shape index (κ3) is 5.38. The molecule has 0 aliphatic carbocycles. The van der Waals surface area contributed by atoms with Crippen LogP contribution in [0.3, 0.4) is 0 Å². The Kier molecular flexibility index (Phi) is 7.78. The fourth-order valence-electron chi connectivity index (χ4n) is 3.06. The molecule has 1 N–H and O–H groups in total. The quantitative estimate of drug-likeness (QED) is 0.554. The highest BCUT2D eigenvalue weighted by atomic mass is 32.2. The number of amides is 1. The number of nitrogens with zero attached hydrogens (tertiary/aromatic N) is 2. The van der Waals surface area contributed by atoms with Crippen LogP contribution in [-0.2, 0) is 10.0 Å². The smallest absolute Gasteiger partial charge is 0.267 e. The number of hydrogen-bond acceptors (Lipinski definition) is 4. The second-order valence-electron chi connectivity index (χ2n) is 6.61. The van der Waals surface area contributed by atoms with Gasteiger partial charge in [0.25, 0.3) is 5.91 Å². The van der Waals surface area contributed by atoms with Crippen LogP contribution < -0.4 is 5.43 Å². The average Bonchev–Trinajstić information content (AvgIpc) is 2.67. The van der Waals surface area contributed by atoms with Gasteiger partial charge in [-0.05, 0) is 43.9 Å². The van der Waals surface area contributed by atoms with Crippen molar-refractivity contribution in [3.05, 3.63) is 29.8 Å². The first kappa shape index (κ1) is 20.6. The second kappa shape index (κ2) is 9.83. The molecule has 0 aromatic heterocycles. The van der Waals surface area contributed by atoms with Crippen LogP contribution in [0.1, 0.15) is 69.2 Å². The molecule has 0 spiro atoms. The van der Waals surface area contributed by atoms with Gasteiger partial charge in [0.05, 0.1) is 4.90 Å². The third-order valence-corrected chi connectivity index (χ3v) is 6.34. The Bertz CT molecular complexity index is 730. The van der Waals surface area contributed by atoms with Gasteiger partial charge in [-0.25, -0.2) is 13.8 Å². The summed E-state index contributed by atoms with van der Waals surface area (Å²) >= 11 is 0. The molecule has 26 heavy (non-hydrogen) atoms. The number of sulfonamides is 1. The Balaban J connectivity index is 2.15. The van der Waals surface area contributed by atoms with Crippen LogP contribution in [0.2, 0.25) is 0 Å². The average molecular weight is 380 g/mol. The minimum atomic E-state index is -3.55. The number of piperidine rings is 1. The summed E-state index contributed by atoms with van der Waals surface area (Å²) in [5.74, 6) is -0.384. The lowest BCUT2D eigenvalue weighted by atomic mass is 10.1. The SMILES string of the molecule is CCCC(CCC)=NNC(=O)c1cccc(S(=O)(=O)N2CCCCC2)c1. The zero-order chi connectivity index (χ0) is 19.0. The topological polar surface area (TPSA) is 78.8 Å². The summed E-state index contributed by atoms with van der Waals surface area (Å²) in [6.07, 6.45) is 6.45. The molecule has 1 aromatic carbocycles. The number of benzene rings is 1. The van der Waals surface area contributed by atoms with Crippen LogP contribution in [0.4, 0.5) is 0 Å². The number of hydrogen-bond donors (Lipinski definition) is 1. The first-order valence-corrected chi connectivity index (χ1v) is 10.9. The molecule has 1 amide bonds. The van der Waals surface area contributed by atoms with Crippen molar-refractivity contribution in [2.45, 2.75) is 63.7 Å². The summed E-state index contributed by atoms with van der Waals surface area (Å²) in [5, 5.41) is 4.22. The first-order chi connectivity index (χ1) is 12.5. The maximum Gasteiger partial charge on any atom is 0.271 e. The predicted octanol–water partition coefficient (Wildman–Crippen LogP) is 3.55. The lowest BCUT2D eigenvalue weighted by molar-refractivity contribution is 0.0954. The van der Waals surface area contributed by atoms with Gasteiger partial charge in [-0.15, -0.1) is 0 Å². The van der Waals surface area contributed by atoms with Crippen molar-refractivity contribution in [2.75, 3.05) is 13.1 Å². The van der Waals surface area contributed by atoms with E-state index in [4.69, 9.17) is 0 Å². The molecule has 0 atom stereocenters. The molecule has 1 heterocycles. The van der Waals surface area contributed by atoms with Crippen molar-refractivity contribution in [1.29, 1.82) is 0 Å². The molecule has 6 nitrogen and oxygen atoms in total. The van der Waals surface area contributed by atoms with Gasteiger partial charge < -0.3 is 0 Å². The zero-order valence-electron chi connectivity index (χ0n) is 15.7. The van der Waals surface area contributed by atoms with Crippen molar-refractivity contribution in [1.82, 2.24) is 9.73 Å². The van der Waals surface area contributed by atoms with E-state index in [-0.39, 0.29) is 10.8 Å².